The topological polar surface area (TPSA) is 70.4 Å². The summed E-state index contributed by atoms with van der Waals surface area (Å²) in [5.74, 6) is 0.422. The summed E-state index contributed by atoms with van der Waals surface area (Å²) in [7, 11) is 0. The molecule has 1 aromatic rings. The molecule has 1 aromatic heterocycles. The van der Waals surface area contributed by atoms with Gasteiger partial charge in [0.15, 0.2) is 5.82 Å². The first-order chi connectivity index (χ1) is 8.26. The van der Waals surface area contributed by atoms with Crippen molar-refractivity contribution >= 4 is 11.8 Å². The Kier molecular flexibility index (Phi) is 6.09. The van der Waals surface area contributed by atoms with E-state index in [1.54, 1.807) is 6.07 Å². The van der Waals surface area contributed by atoms with Gasteiger partial charge in [0.2, 0.25) is 0 Å². The summed E-state index contributed by atoms with van der Waals surface area (Å²) in [6.45, 7) is 8.00. The zero-order valence-electron chi connectivity index (χ0n) is 10.4. The second kappa shape index (κ2) is 7.67. The monoisotopic (exact) mass is 240 g/mol. The SMILES string of the molecule is CCN(CC)CCCNC(=O)Nc1ccon1. The molecule has 17 heavy (non-hydrogen) atoms. The summed E-state index contributed by atoms with van der Waals surface area (Å²) in [5, 5.41) is 8.92. The van der Waals surface area contributed by atoms with Gasteiger partial charge in [0.1, 0.15) is 6.26 Å². The molecule has 0 aliphatic rings. The standard InChI is InChI=1S/C11H20N4O2/c1-3-15(4-2)8-5-7-12-11(16)13-10-6-9-17-14-10/h6,9H,3-5,7-8H2,1-2H3,(H2,12,13,14,16). The number of rotatable bonds is 7. The van der Waals surface area contributed by atoms with Crippen LogP contribution >= 0.6 is 0 Å². The van der Waals surface area contributed by atoms with Crippen molar-refractivity contribution in [3.63, 3.8) is 0 Å². The number of hydrogen-bond donors (Lipinski definition) is 2. The fourth-order valence-electron chi connectivity index (χ4n) is 1.48. The first-order valence-electron chi connectivity index (χ1n) is 5.93. The summed E-state index contributed by atoms with van der Waals surface area (Å²) in [6.07, 6.45) is 2.35. The maximum atomic E-state index is 11.4. The van der Waals surface area contributed by atoms with Gasteiger partial charge in [-0.15, -0.1) is 0 Å². The number of urea groups is 1. The van der Waals surface area contributed by atoms with Gasteiger partial charge in [-0.05, 0) is 26.1 Å². The summed E-state index contributed by atoms with van der Waals surface area (Å²) >= 11 is 0. The van der Waals surface area contributed by atoms with Crippen LogP contribution in [0, 0.1) is 0 Å². The molecular weight excluding hydrogens is 220 g/mol. The highest BCUT2D eigenvalue weighted by atomic mass is 16.5. The number of carbonyl (C=O) groups excluding carboxylic acids is 1. The van der Waals surface area contributed by atoms with Crippen LogP contribution in [-0.4, -0.2) is 42.3 Å². The maximum absolute atomic E-state index is 11.4. The van der Waals surface area contributed by atoms with E-state index in [1.165, 1.54) is 6.26 Å². The molecule has 6 heteroatoms. The third-order valence-corrected chi connectivity index (χ3v) is 2.51. The first-order valence-corrected chi connectivity index (χ1v) is 5.93. The molecule has 0 aliphatic carbocycles. The Bertz CT molecular complexity index is 309. The molecule has 2 N–H and O–H groups in total. The normalized spacial score (nSPS) is 10.5. The molecule has 0 saturated heterocycles. The van der Waals surface area contributed by atoms with Crippen molar-refractivity contribution in [3.8, 4) is 0 Å². The fraction of sp³-hybridized carbons (Fsp3) is 0.636. The van der Waals surface area contributed by atoms with Crippen LogP contribution in [0.4, 0.5) is 10.6 Å². The molecule has 96 valence electrons. The number of hydrogen-bond acceptors (Lipinski definition) is 4. The Hall–Kier alpha value is -1.56. The highest BCUT2D eigenvalue weighted by Gasteiger charge is 2.03. The van der Waals surface area contributed by atoms with Crippen molar-refractivity contribution in [3.05, 3.63) is 12.3 Å². The lowest BCUT2D eigenvalue weighted by Crippen LogP contribution is -2.32. The van der Waals surface area contributed by atoms with Crippen molar-refractivity contribution in [2.45, 2.75) is 20.3 Å². The maximum Gasteiger partial charge on any atom is 0.320 e. The van der Waals surface area contributed by atoms with E-state index < -0.39 is 0 Å². The van der Waals surface area contributed by atoms with Crippen molar-refractivity contribution in [1.82, 2.24) is 15.4 Å². The minimum Gasteiger partial charge on any atom is -0.363 e. The third kappa shape index (κ3) is 5.35. The smallest absolute Gasteiger partial charge is 0.320 e. The van der Waals surface area contributed by atoms with Crippen LogP contribution < -0.4 is 10.6 Å². The van der Waals surface area contributed by atoms with Crippen LogP contribution in [0.1, 0.15) is 20.3 Å². The predicted octanol–water partition coefficient (Wildman–Crippen LogP) is 1.53. The molecule has 0 bridgehead atoms. The molecule has 0 spiro atoms. The predicted molar refractivity (Wildman–Crippen MR) is 65.9 cm³/mol. The average Bonchev–Trinajstić information content (AvgIpc) is 2.82. The van der Waals surface area contributed by atoms with Gasteiger partial charge in [0.05, 0.1) is 0 Å². The summed E-state index contributed by atoms with van der Waals surface area (Å²) < 4.78 is 4.60. The van der Waals surface area contributed by atoms with Gasteiger partial charge in [0, 0.05) is 12.6 Å². The van der Waals surface area contributed by atoms with E-state index in [2.05, 4.69) is 39.1 Å². The number of aromatic nitrogens is 1. The molecular formula is C11H20N4O2. The van der Waals surface area contributed by atoms with Gasteiger partial charge in [0.25, 0.3) is 0 Å². The van der Waals surface area contributed by atoms with Crippen LogP contribution in [0.2, 0.25) is 0 Å². The zero-order chi connectivity index (χ0) is 12.5. The van der Waals surface area contributed by atoms with E-state index >= 15 is 0 Å². The summed E-state index contributed by atoms with van der Waals surface area (Å²) in [5.41, 5.74) is 0. The van der Waals surface area contributed by atoms with Crippen LogP contribution in [0.15, 0.2) is 16.9 Å². The Morgan fingerprint density at radius 3 is 2.82 bits per heavy atom. The Balaban J connectivity index is 2.08. The van der Waals surface area contributed by atoms with Crippen molar-refractivity contribution in [2.75, 3.05) is 31.5 Å². The Morgan fingerprint density at radius 1 is 1.47 bits per heavy atom. The second-order valence-electron chi connectivity index (χ2n) is 3.65. The van der Waals surface area contributed by atoms with Crippen molar-refractivity contribution in [1.29, 1.82) is 0 Å². The molecule has 0 atom stereocenters. The molecule has 0 radical (unpaired) electrons. The quantitative estimate of drug-likeness (QED) is 0.709. The highest BCUT2D eigenvalue weighted by Crippen LogP contribution is 1.99. The first kappa shape index (κ1) is 13.5. The second-order valence-corrected chi connectivity index (χ2v) is 3.65. The minimum absolute atomic E-state index is 0.251. The van der Waals surface area contributed by atoms with Crippen LogP contribution in [0.3, 0.4) is 0 Å². The number of amides is 2. The van der Waals surface area contributed by atoms with Gasteiger partial charge in [-0.25, -0.2) is 4.79 Å². The van der Waals surface area contributed by atoms with Crippen molar-refractivity contribution in [2.24, 2.45) is 0 Å². The lowest BCUT2D eigenvalue weighted by molar-refractivity contribution is 0.250. The molecule has 0 aliphatic heterocycles. The summed E-state index contributed by atoms with van der Waals surface area (Å²) in [6, 6.07) is 1.34. The molecule has 0 fully saturated rings. The fourth-order valence-corrected chi connectivity index (χ4v) is 1.48. The van der Waals surface area contributed by atoms with E-state index in [4.69, 9.17) is 0 Å². The molecule has 2 amide bonds. The molecule has 6 nitrogen and oxygen atoms in total. The van der Waals surface area contributed by atoms with E-state index in [-0.39, 0.29) is 6.03 Å². The largest absolute Gasteiger partial charge is 0.363 e. The summed E-state index contributed by atoms with van der Waals surface area (Å²) in [4.78, 5) is 13.7. The number of anilines is 1. The van der Waals surface area contributed by atoms with Gasteiger partial charge in [-0.2, -0.15) is 0 Å². The van der Waals surface area contributed by atoms with Crippen LogP contribution in [0.5, 0.6) is 0 Å². The number of nitrogens with zero attached hydrogens (tertiary/aromatic N) is 2. The van der Waals surface area contributed by atoms with Gasteiger partial charge < -0.3 is 14.7 Å². The molecule has 0 unspecified atom stereocenters. The Morgan fingerprint density at radius 2 is 2.24 bits per heavy atom. The molecule has 1 rings (SSSR count). The molecule has 0 saturated carbocycles. The number of carbonyl (C=O) groups is 1. The highest BCUT2D eigenvalue weighted by molar-refractivity contribution is 5.87. The lowest BCUT2D eigenvalue weighted by atomic mass is 10.3. The zero-order valence-corrected chi connectivity index (χ0v) is 10.4. The third-order valence-electron chi connectivity index (χ3n) is 2.51. The minimum atomic E-state index is -0.251. The molecule has 1 heterocycles. The van der Waals surface area contributed by atoms with Crippen LogP contribution in [-0.2, 0) is 0 Å². The molecule has 0 aromatic carbocycles. The van der Waals surface area contributed by atoms with Crippen molar-refractivity contribution < 1.29 is 9.32 Å². The number of nitrogens with one attached hydrogen (secondary N) is 2. The Labute approximate surface area is 101 Å². The van der Waals surface area contributed by atoms with E-state index in [9.17, 15) is 4.79 Å². The average molecular weight is 240 g/mol. The van der Waals surface area contributed by atoms with Gasteiger partial charge in [-0.3, -0.25) is 5.32 Å². The van der Waals surface area contributed by atoms with Crippen LogP contribution in [0.25, 0.3) is 0 Å². The van der Waals surface area contributed by atoms with E-state index in [0.717, 1.165) is 26.1 Å². The van der Waals surface area contributed by atoms with E-state index in [0.29, 0.717) is 12.4 Å². The lowest BCUT2D eigenvalue weighted by Gasteiger charge is -2.17. The van der Waals surface area contributed by atoms with E-state index in [1.807, 2.05) is 0 Å². The van der Waals surface area contributed by atoms with Gasteiger partial charge in [-0.1, -0.05) is 19.0 Å². The van der Waals surface area contributed by atoms with Gasteiger partial charge >= 0.3 is 6.03 Å².